The van der Waals surface area contributed by atoms with Crippen LogP contribution in [0.4, 0.5) is 0 Å². The number of hydrogen-bond acceptors (Lipinski definition) is 5. The van der Waals surface area contributed by atoms with Crippen LogP contribution in [0.5, 0.6) is 0 Å². The first-order valence-electron chi connectivity index (χ1n) is 4.99. The van der Waals surface area contributed by atoms with Crippen molar-refractivity contribution in [2.75, 3.05) is 18.1 Å². The smallest absolute Gasteiger partial charge is 0.303 e. The Balaban J connectivity index is 4.14. The summed E-state index contributed by atoms with van der Waals surface area (Å²) in [5, 5.41) is 13.7. The zero-order valence-electron chi connectivity index (χ0n) is 9.18. The molecule has 0 aliphatic carbocycles. The molecule has 0 aromatic carbocycles. The lowest BCUT2D eigenvalue weighted by Gasteiger charge is -2.17. The average Bonchev–Trinajstić information content (AvgIpc) is 2.31. The fourth-order valence-corrected chi connectivity index (χ4v) is 1.29. The highest BCUT2D eigenvalue weighted by atomic mass is 32.1. The SMILES string of the molecule is O=C(O)CCC(CNC(=O)CS)NC(=O)CS. The van der Waals surface area contributed by atoms with Crippen LogP contribution in [0.1, 0.15) is 12.8 Å². The summed E-state index contributed by atoms with van der Waals surface area (Å²) < 4.78 is 0. The fourth-order valence-electron chi connectivity index (χ4n) is 1.09. The minimum absolute atomic E-state index is 0.0179. The molecule has 6 nitrogen and oxygen atoms in total. The molecule has 0 saturated carbocycles. The van der Waals surface area contributed by atoms with Crippen molar-refractivity contribution in [1.82, 2.24) is 10.6 Å². The van der Waals surface area contributed by atoms with Crippen molar-refractivity contribution < 1.29 is 19.5 Å². The molecule has 0 aromatic rings. The van der Waals surface area contributed by atoms with Crippen molar-refractivity contribution in [2.24, 2.45) is 0 Å². The second-order valence-electron chi connectivity index (χ2n) is 3.32. The molecule has 0 spiro atoms. The molecule has 0 aliphatic rings. The van der Waals surface area contributed by atoms with Gasteiger partial charge in [-0.1, -0.05) is 0 Å². The first-order valence-corrected chi connectivity index (χ1v) is 6.25. The number of carbonyl (C=O) groups excluding carboxylic acids is 2. The molecule has 0 radical (unpaired) electrons. The van der Waals surface area contributed by atoms with Crippen molar-refractivity contribution in [3.8, 4) is 0 Å². The van der Waals surface area contributed by atoms with E-state index in [1.807, 2.05) is 0 Å². The summed E-state index contributed by atoms with van der Waals surface area (Å²) in [5.74, 6) is -1.45. The Morgan fingerprint density at radius 3 is 2.18 bits per heavy atom. The summed E-state index contributed by atoms with van der Waals surface area (Å²) in [7, 11) is 0. The third kappa shape index (κ3) is 8.87. The minimum atomic E-state index is -0.948. The van der Waals surface area contributed by atoms with E-state index in [9.17, 15) is 14.4 Å². The fraction of sp³-hybridized carbons (Fsp3) is 0.667. The van der Waals surface area contributed by atoms with Gasteiger partial charge >= 0.3 is 5.97 Å². The van der Waals surface area contributed by atoms with Crippen LogP contribution in [-0.4, -0.2) is 47.0 Å². The van der Waals surface area contributed by atoms with Crippen LogP contribution in [0.25, 0.3) is 0 Å². The summed E-state index contributed by atoms with van der Waals surface area (Å²) in [6.07, 6.45) is 0.177. The van der Waals surface area contributed by atoms with Gasteiger partial charge in [-0.05, 0) is 6.42 Å². The van der Waals surface area contributed by atoms with Gasteiger partial charge in [0.15, 0.2) is 0 Å². The van der Waals surface area contributed by atoms with Gasteiger partial charge in [0.05, 0.1) is 11.5 Å². The molecule has 0 saturated heterocycles. The van der Waals surface area contributed by atoms with Crippen LogP contribution < -0.4 is 10.6 Å². The average molecular weight is 280 g/mol. The lowest BCUT2D eigenvalue weighted by atomic mass is 10.1. The van der Waals surface area contributed by atoms with E-state index < -0.39 is 12.0 Å². The second kappa shape index (κ2) is 9.17. The zero-order valence-corrected chi connectivity index (χ0v) is 11.0. The van der Waals surface area contributed by atoms with Crippen LogP contribution in [0, 0.1) is 0 Å². The maximum atomic E-state index is 11.1. The van der Waals surface area contributed by atoms with E-state index in [2.05, 4.69) is 35.9 Å². The predicted molar refractivity (Wildman–Crippen MR) is 69.5 cm³/mol. The molecule has 3 N–H and O–H groups in total. The first kappa shape index (κ1) is 16.1. The molecule has 0 bridgehead atoms. The van der Waals surface area contributed by atoms with Gasteiger partial charge in [-0.15, -0.1) is 0 Å². The third-order valence-electron chi connectivity index (χ3n) is 1.90. The number of carboxylic acids is 1. The predicted octanol–water partition coefficient (Wildman–Crippen LogP) is -0.688. The van der Waals surface area contributed by atoms with E-state index in [4.69, 9.17) is 5.11 Å². The highest BCUT2D eigenvalue weighted by Gasteiger charge is 2.14. The maximum Gasteiger partial charge on any atom is 0.303 e. The van der Waals surface area contributed by atoms with Crippen LogP contribution in [0.3, 0.4) is 0 Å². The van der Waals surface area contributed by atoms with Gasteiger partial charge in [-0.2, -0.15) is 25.3 Å². The van der Waals surface area contributed by atoms with Crippen LogP contribution in [-0.2, 0) is 14.4 Å². The maximum absolute atomic E-state index is 11.1. The summed E-state index contributed by atoms with van der Waals surface area (Å²) in [6, 6.07) is -0.408. The lowest BCUT2D eigenvalue weighted by Crippen LogP contribution is -2.44. The van der Waals surface area contributed by atoms with Crippen molar-refractivity contribution in [3.63, 3.8) is 0 Å². The quantitative estimate of drug-likeness (QED) is 0.380. The van der Waals surface area contributed by atoms with Gasteiger partial charge in [0.1, 0.15) is 0 Å². The molecule has 0 aliphatic heterocycles. The number of carbonyl (C=O) groups is 3. The van der Waals surface area contributed by atoms with Gasteiger partial charge in [0.2, 0.25) is 11.8 Å². The number of aliphatic carboxylic acids is 1. The van der Waals surface area contributed by atoms with Gasteiger partial charge in [-0.3, -0.25) is 14.4 Å². The van der Waals surface area contributed by atoms with Crippen LogP contribution in [0.2, 0.25) is 0 Å². The first-order chi connectivity index (χ1) is 7.99. The summed E-state index contributed by atoms with van der Waals surface area (Å²) in [5.41, 5.74) is 0. The number of carboxylic acid groups (broad SMARTS) is 1. The molecule has 1 atom stereocenters. The largest absolute Gasteiger partial charge is 0.481 e. The Kier molecular flexibility index (Phi) is 8.69. The number of amides is 2. The Morgan fingerprint density at radius 1 is 1.12 bits per heavy atom. The van der Waals surface area contributed by atoms with Crippen LogP contribution >= 0.6 is 25.3 Å². The minimum Gasteiger partial charge on any atom is -0.481 e. The van der Waals surface area contributed by atoms with Crippen molar-refractivity contribution in [2.45, 2.75) is 18.9 Å². The Bertz CT molecular complexity index is 286. The highest BCUT2D eigenvalue weighted by molar-refractivity contribution is 7.81. The second-order valence-corrected chi connectivity index (χ2v) is 3.95. The summed E-state index contributed by atoms with van der Waals surface area (Å²) >= 11 is 7.58. The Morgan fingerprint density at radius 2 is 1.71 bits per heavy atom. The number of hydrogen-bond donors (Lipinski definition) is 5. The zero-order chi connectivity index (χ0) is 13.3. The van der Waals surface area contributed by atoms with Gasteiger partial charge < -0.3 is 15.7 Å². The molecule has 1 unspecified atom stereocenters. The summed E-state index contributed by atoms with van der Waals surface area (Å²) in [4.78, 5) is 32.5. The van der Waals surface area contributed by atoms with E-state index >= 15 is 0 Å². The molecule has 0 aromatic heterocycles. The molecule has 98 valence electrons. The molecule has 0 rings (SSSR count). The van der Waals surface area contributed by atoms with Gasteiger partial charge in [0.25, 0.3) is 0 Å². The molecule has 2 amide bonds. The van der Waals surface area contributed by atoms with Crippen LogP contribution in [0.15, 0.2) is 0 Å². The summed E-state index contributed by atoms with van der Waals surface area (Å²) in [6.45, 7) is 0.187. The van der Waals surface area contributed by atoms with Gasteiger partial charge in [0, 0.05) is 19.0 Å². The van der Waals surface area contributed by atoms with Crippen molar-refractivity contribution in [3.05, 3.63) is 0 Å². The molecule has 0 fully saturated rings. The topological polar surface area (TPSA) is 95.5 Å². The molecular formula is C9H16N2O4S2. The van der Waals surface area contributed by atoms with E-state index in [-0.39, 0.29) is 42.7 Å². The van der Waals surface area contributed by atoms with E-state index in [1.54, 1.807) is 0 Å². The number of nitrogens with one attached hydrogen (secondary N) is 2. The van der Waals surface area contributed by atoms with E-state index in [0.717, 1.165) is 0 Å². The normalized spacial score (nSPS) is 11.6. The standard InChI is InChI=1S/C9H16N2O4S2/c12-7(4-16)10-3-6(1-2-9(14)15)11-8(13)5-17/h6,16-17H,1-5H2,(H,10,12)(H,11,13)(H,14,15). The molecule has 8 heteroatoms. The number of thiol groups is 2. The van der Waals surface area contributed by atoms with Crippen molar-refractivity contribution >= 4 is 43.0 Å². The molecule has 0 heterocycles. The molecule has 17 heavy (non-hydrogen) atoms. The number of rotatable bonds is 8. The lowest BCUT2D eigenvalue weighted by molar-refractivity contribution is -0.137. The van der Waals surface area contributed by atoms with E-state index in [1.165, 1.54) is 0 Å². The third-order valence-corrected chi connectivity index (χ3v) is 2.48. The van der Waals surface area contributed by atoms with Gasteiger partial charge in [-0.25, -0.2) is 0 Å². The Hall–Kier alpha value is -0.890. The Labute approximate surface area is 110 Å². The highest BCUT2D eigenvalue weighted by Crippen LogP contribution is 1.97. The van der Waals surface area contributed by atoms with Crippen molar-refractivity contribution in [1.29, 1.82) is 0 Å². The molecular weight excluding hydrogens is 264 g/mol. The monoisotopic (exact) mass is 280 g/mol. The van der Waals surface area contributed by atoms with E-state index in [0.29, 0.717) is 0 Å².